The van der Waals surface area contributed by atoms with Crippen molar-refractivity contribution in [2.75, 3.05) is 13.1 Å². The van der Waals surface area contributed by atoms with E-state index in [9.17, 15) is 18.0 Å². The second-order valence-corrected chi connectivity index (χ2v) is 4.43. The van der Waals surface area contributed by atoms with Gasteiger partial charge in [0.1, 0.15) is 0 Å². The average Bonchev–Trinajstić information content (AvgIpc) is 2.21. The molecule has 1 aliphatic rings. The Balaban J connectivity index is 1.97. The molecule has 18 heavy (non-hydrogen) atoms. The fourth-order valence-corrected chi connectivity index (χ4v) is 1.96. The lowest BCUT2D eigenvalue weighted by Crippen LogP contribution is -2.49. The van der Waals surface area contributed by atoms with Crippen LogP contribution in [0.15, 0.2) is 24.3 Å². The van der Waals surface area contributed by atoms with E-state index in [1.54, 1.807) is 6.07 Å². The molecule has 3 nitrogen and oxygen atoms in total. The third-order valence-corrected chi connectivity index (χ3v) is 2.97. The second kappa shape index (κ2) is 4.61. The summed E-state index contributed by atoms with van der Waals surface area (Å²) >= 11 is 0. The highest BCUT2D eigenvalue weighted by atomic mass is 19.4. The number of likely N-dealkylation sites (tertiary alicyclic amines) is 1. The van der Waals surface area contributed by atoms with Crippen LogP contribution in [-0.4, -0.2) is 29.1 Å². The van der Waals surface area contributed by atoms with Crippen LogP contribution in [0.4, 0.5) is 13.2 Å². The summed E-state index contributed by atoms with van der Waals surface area (Å²) in [6.07, 6.45) is -4.34. The summed E-state index contributed by atoms with van der Waals surface area (Å²) in [5.74, 6) is -1.24. The maximum atomic E-state index is 12.5. The number of hydrogen-bond acceptors (Lipinski definition) is 2. The summed E-state index contributed by atoms with van der Waals surface area (Å²) in [6, 6.07) is 5.11. The average molecular weight is 259 g/mol. The van der Waals surface area contributed by atoms with Gasteiger partial charge in [-0.3, -0.25) is 9.69 Å². The third kappa shape index (κ3) is 2.81. The van der Waals surface area contributed by atoms with Crippen LogP contribution in [0, 0.1) is 5.92 Å². The van der Waals surface area contributed by atoms with Gasteiger partial charge < -0.3 is 5.11 Å². The number of halogens is 3. The van der Waals surface area contributed by atoms with E-state index in [0.29, 0.717) is 25.2 Å². The Morgan fingerprint density at radius 3 is 2.61 bits per heavy atom. The maximum absolute atomic E-state index is 12.5. The van der Waals surface area contributed by atoms with Crippen molar-refractivity contribution in [1.29, 1.82) is 0 Å². The molecule has 1 saturated heterocycles. The minimum atomic E-state index is -4.34. The molecule has 0 aliphatic carbocycles. The topological polar surface area (TPSA) is 40.5 Å². The Morgan fingerprint density at radius 1 is 1.39 bits per heavy atom. The first-order valence-corrected chi connectivity index (χ1v) is 5.47. The van der Waals surface area contributed by atoms with Crippen LogP contribution < -0.4 is 0 Å². The molecule has 0 aromatic heterocycles. The van der Waals surface area contributed by atoms with E-state index in [4.69, 9.17) is 5.11 Å². The molecule has 0 saturated carbocycles. The number of carboxylic acid groups (broad SMARTS) is 1. The molecule has 6 heteroatoms. The van der Waals surface area contributed by atoms with Crippen LogP contribution in [-0.2, 0) is 17.5 Å². The zero-order chi connectivity index (χ0) is 13.3. The molecule has 0 spiro atoms. The lowest BCUT2D eigenvalue weighted by Gasteiger charge is -2.36. The van der Waals surface area contributed by atoms with E-state index in [1.807, 2.05) is 4.90 Å². The zero-order valence-corrected chi connectivity index (χ0v) is 9.44. The highest BCUT2D eigenvalue weighted by Gasteiger charge is 2.33. The van der Waals surface area contributed by atoms with Gasteiger partial charge in [-0.05, 0) is 11.6 Å². The van der Waals surface area contributed by atoms with Crippen molar-refractivity contribution in [3.63, 3.8) is 0 Å². The number of benzene rings is 1. The molecular formula is C12H12F3NO2. The van der Waals surface area contributed by atoms with Crippen LogP contribution in [0.2, 0.25) is 0 Å². The number of carboxylic acids is 1. The number of nitrogens with zero attached hydrogens (tertiary/aromatic N) is 1. The summed E-state index contributed by atoms with van der Waals surface area (Å²) in [7, 11) is 0. The molecule has 98 valence electrons. The van der Waals surface area contributed by atoms with Crippen LogP contribution in [0.25, 0.3) is 0 Å². The summed E-state index contributed by atoms with van der Waals surface area (Å²) in [5.41, 5.74) is -0.121. The van der Waals surface area contributed by atoms with Crippen LogP contribution in [0.5, 0.6) is 0 Å². The molecule has 2 rings (SSSR count). The standard InChI is InChI=1S/C12H12F3NO2/c13-12(14,15)10-3-1-2-8(4-10)5-16-6-9(7-16)11(17)18/h1-4,9H,5-7H2,(H,17,18). The van der Waals surface area contributed by atoms with Gasteiger partial charge in [-0.15, -0.1) is 0 Å². The first-order valence-electron chi connectivity index (χ1n) is 5.47. The van der Waals surface area contributed by atoms with Crippen LogP contribution in [0.1, 0.15) is 11.1 Å². The molecular weight excluding hydrogens is 247 g/mol. The number of alkyl halides is 3. The highest BCUT2D eigenvalue weighted by Crippen LogP contribution is 2.30. The number of aliphatic carboxylic acids is 1. The van der Waals surface area contributed by atoms with Crippen molar-refractivity contribution in [2.45, 2.75) is 12.7 Å². The Bertz CT molecular complexity index is 453. The van der Waals surface area contributed by atoms with Gasteiger partial charge in [0.15, 0.2) is 0 Å². The van der Waals surface area contributed by atoms with Gasteiger partial charge >= 0.3 is 12.1 Å². The lowest BCUT2D eigenvalue weighted by molar-refractivity contribution is -0.147. The summed E-state index contributed by atoms with van der Waals surface area (Å²) in [5, 5.41) is 8.69. The molecule has 0 radical (unpaired) electrons. The first-order chi connectivity index (χ1) is 8.36. The number of hydrogen-bond donors (Lipinski definition) is 1. The molecule has 1 aromatic carbocycles. The van der Waals surface area contributed by atoms with E-state index in [1.165, 1.54) is 6.07 Å². The monoisotopic (exact) mass is 259 g/mol. The van der Waals surface area contributed by atoms with Crippen molar-refractivity contribution in [3.8, 4) is 0 Å². The van der Waals surface area contributed by atoms with E-state index in [0.717, 1.165) is 12.1 Å². The zero-order valence-electron chi connectivity index (χ0n) is 9.44. The van der Waals surface area contributed by atoms with E-state index in [-0.39, 0.29) is 0 Å². The van der Waals surface area contributed by atoms with Gasteiger partial charge in [0.2, 0.25) is 0 Å². The van der Waals surface area contributed by atoms with Gasteiger partial charge in [-0.1, -0.05) is 18.2 Å². The Morgan fingerprint density at radius 2 is 2.06 bits per heavy atom. The number of rotatable bonds is 3. The molecule has 1 heterocycles. The van der Waals surface area contributed by atoms with Crippen molar-refractivity contribution in [2.24, 2.45) is 5.92 Å². The maximum Gasteiger partial charge on any atom is 0.416 e. The smallest absolute Gasteiger partial charge is 0.416 e. The summed E-state index contributed by atoms with van der Waals surface area (Å²) < 4.78 is 37.4. The van der Waals surface area contributed by atoms with Crippen LogP contribution in [0.3, 0.4) is 0 Å². The molecule has 0 amide bonds. The Kier molecular flexibility index (Phi) is 3.30. The van der Waals surface area contributed by atoms with E-state index < -0.39 is 23.6 Å². The molecule has 0 unspecified atom stereocenters. The van der Waals surface area contributed by atoms with Crippen molar-refractivity contribution < 1.29 is 23.1 Å². The Labute approximate surface area is 102 Å². The van der Waals surface area contributed by atoms with Crippen molar-refractivity contribution in [3.05, 3.63) is 35.4 Å². The SMILES string of the molecule is O=C(O)C1CN(Cc2cccc(C(F)(F)F)c2)C1. The minimum absolute atomic E-state index is 0.355. The summed E-state index contributed by atoms with van der Waals surface area (Å²) in [4.78, 5) is 12.4. The van der Waals surface area contributed by atoms with Crippen LogP contribution >= 0.6 is 0 Å². The minimum Gasteiger partial charge on any atom is -0.481 e. The largest absolute Gasteiger partial charge is 0.481 e. The van der Waals surface area contributed by atoms with E-state index >= 15 is 0 Å². The van der Waals surface area contributed by atoms with Gasteiger partial charge in [0, 0.05) is 19.6 Å². The fourth-order valence-electron chi connectivity index (χ4n) is 1.96. The third-order valence-electron chi connectivity index (χ3n) is 2.97. The summed E-state index contributed by atoms with van der Waals surface area (Å²) in [6.45, 7) is 1.14. The lowest BCUT2D eigenvalue weighted by atomic mass is 9.99. The molecule has 1 aromatic rings. The van der Waals surface area contributed by atoms with Gasteiger partial charge in [0.05, 0.1) is 11.5 Å². The van der Waals surface area contributed by atoms with Gasteiger partial charge in [0.25, 0.3) is 0 Å². The first kappa shape index (κ1) is 12.9. The van der Waals surface area contributed by atoms with Crippen molar-refractivity contribution >= 4 is 5.97 Å². The fraction of sp³-hybridized carbons (Fsp3) is 0.417. The second-order valence-electron chi connectivity index (χ2n) is 4.43. The predicted octanol–water partition coefficient (Wildman–Crippen LogP) is 2.22. The highest BCUT2D eigenvalue weighted by molar-refractivity contribution is 5.71. The van der Waals surface area contributed by atoms with Gasteiger partial charge in [-0.2, -0.15) is 13.2 Å². The predicted molar refractivity (Wildman–Crippen MR) is 57.8 cm³/mol. The molecule has 1 aliphatic heterocycles. The van der Waals surface area contributed by atoms with E-state index in [2.05, 4.69) is 0 Å². The molecule has 1 fully saturated rings. The molecule has 0 atom stereocenters. The molecule has 0 bridgehead atoms. The van der Waals surface area contributed by atoms with Gasteiger partial charge in [-0.25, -0.2) is 0 Å². The van der Waals surface area contributed by atoms with Crippen molar-refractivity contribution in [1.82, 2.24) is 4.90 Å². The quantitative estimate of drug-likeness (QED) is 0.904. The molecule has 1 N–H and O–H groups in total. The normalized spacial score (nSPS) is 17.5. The number of carbonyl (C=O) groups is 1. The Hall–Kier alpha value is -1.56.